The molecule has 0 unspecified atom stereocenters. The van der Waals surface area contributed by atoms with Crippen LogP contribution in [0.15, 0.2) is 54.6 Å². The molecule has 2 N–H and O–H groups in total. The molecule has 0 aliphatic carbocycles. The lowest BCUT2D eigenvalue weighted by Gasteiger charge is -2.36. The van der Waals surface area contributed by atoms with E-state index in [-0.39, 0.29) is 18.4 Å². The van der Waals surface area contributed by atoms with Crippen molar-refractivity contribution in [1.29, 1.82) is 0 Å². The van der Waals surface area contributed by atoms with Gasteiger partial charge >= 0.3 is 0 Å². The van der Waals surface area contributed by atoms with Crippen LogP contribution in [0.4, 0.5) is 5.69 Å². The van der Waals surface area contributed by atoms with Crippen LogP contribution in [-0.2, 0) is 4.79 Å². The van der Waals surface area contributed by atoms with E-state index in [1.165, 1.54) is 5.69 Å². The molecule has 1 aliphatic rings. The van der Waals surface area contributed by atoms with Crippen molar-refractivity contribution in [2.45, 2.75) is 0 Å². The van der Waals surface area contributed by atoms with Crippen molar-refractivity contribution in [1.82, 2.24) is 20.4 Å². The summed E-state index contributed by atoms with van der Waals surface area (Å²) in [6.07, 6.45) is 0. The highest BCUT2D eigenvalue weighted by Crippen LogP contribution is 2.16. The quantitative estimate of drug-likeness (QED) is 0.738. The first-order chi connectivity index (χ1) is 13.2. The van der Waals surface area contributed by atoms with Gasteiger partial charge in [-0.2, -0.15) is 5.10 Å². The molecule has 138 valence electrons. The third-order valence-electron chi connectivity index (χ3n) is 4.84. The van der Waals surface area contributed by atoms with E-state index in [1.807, 2.05) is 42.5 Å². The topological polar surface area (TPSA) is 81.3 Å². The number of piperazine rings is 1. The second kappa shape index (κ2) is 7.49. The predicted molar refractivity (Wildman–Crippen MR) is 104 cm³/mol. The van der Waals surface area contributed by atoms with Crippen LogP contribution in [0.5, 0.6) is 0 Å². The smallest absolute Gasteiger partial charge is 0.272 e. The van der Waals surface area contributed by atoms with Crippen molar-refractivity contribution in [3.8, 4) is 0 Å². The van der Waals surface area contributed by atoms with E-state index in [1.54, 1.807) is 4.90 Å². The number of rotatable bonds is 4. The maximum Gasteiger partial charge on any atom is 0.272 e. The minimum atomic E-state index is -0.344. The van der Waals surface area contributed by atoms with Gasteiger partial charge in [-0.05, 0) is 18.2 Å². The van der Waals surface area contributed by atoms with Crippen LogP contribution >= 0.6 is 0 Å². The Morgan fingerprint density at radius 3 is 2.44 bits per heavy atom. The number of aromatic nitrogens is 2. The molecule has 0 spiro atoms. The number of hydrogen-bond acceptors (Lipinski definition) is 4. The maximum atomic E-state index is 12.4. The number of benzene rings is 2. The summed E-state index contributed by atoms with van der Waals surface area (Å²) in [6, 6.07) is 17.6. The molecule has 0 saturated carbocycles. The van der Waals surface area contributed by atoms with Gasteiger partial charge in [0, 0.05) is 37.3 Å². The Morgan fingerprint density at radius 2 is 1.67 bits per heavy atom. The van der Waals surface area contributed by atoms with Crippen LogP contribution in [-0.4, -0.2) is 59.6 Å². The predicted octanol–water partition coefficient (Wildman–Crippen LogP) is 1.64. The van der Waals surface area contributed by atoms with Gasteiger partial charge in [0.15, 0.2) is 5.69 Å². The molecule has 0 atom stereocenters. The summed E-state index contributed by atoms with van der Waals surface area (Å²) in [7, 11) is 0. The average molecular weight is 363 g/mol. The standard InChI is InChI=1S/C20H21N5O2/c26-18(25-12-10-24(11-13-25)15-6-2-1-3-7-15)14-21-20(27)19-16-8-4-5-9-17(16)22-23-19/h1-9H,10-14H2,(H,21,27)(H,22,23). The zero-order valence-corrected chi connectivity index (χ0v) is 14.9. The molecule has 2 heterocycles. The Hall–Kier alpha value is -3.35. The van der Waals surface area contributed by atoms with Crippen LogP contribution in [0.25, 0.3) is 10.9 Å². The third-order valence-corrected chi connectivity index (χ3v) is 4.84. The highest BCUT2D eigenvalue weighted by molar-refractivity contribution is 6.05. The van der Waals surface area contributed by atoms with E-state index < -0.39 is 0 Å². The first-order valence-electron chi connectivity index (χ1n) is 9.01. The summed E-state index contributed by atoms with van der Waals surface area (Å²) in [5, 5.41) is 10.3. The second-order valence-electron chi connectivity index (χ2n) is 6.50. The molecule has 0 radical (unpaired) electrons. The number of nitrogens with zero attached hydrogens (tertiary/aromatic N) is 3. The summed E-state index contributed by atoms with van der Waals surface area (Å²) in [6.45, 7) is 2.84. The average Bonchev–Trinajstić information content (AvgIpc) is 3.17. The van der Waals surface area contributed by atoms with Crippen molar-refractivity contribution in [2.24, 2.45) is 0 Å². The molecule has 1 saturated heterocycles. The summed E-state index contributed by atoms with van der Waals surface area (Å²) in [5.41, 5.74) is 2.28. The van der Waals surface area contributed by atoms with Gasteiger partial charge in [-0.1, -0.05) is 36.4 Å². The van der Waals surface area contributed by atoms with E-state index in [0.29, 0.717) is 18.8 Å². The van der Waals surface area contributed by atoms with Crippen LogP contribution in [0.2, 0.25) is 0 Å². The van der Waals surface area contributed by atoms with E-state index in [2.05, 4.69) is 32.5 Å². The van der Waals surface area contributed by atoms with Crippen molar-refractivity contribution in [3.05, 3.63) is 60.3 Å². The lowest BCUT2D eigenvalue weighted by molar-refractivity contribution is -0.130. The summed E-state index contributed by atoms with van der Waals surface area (Å²) in [5.74, 6) is -0.417. The fourth-order valence-electron chi connectivity index (χ4n) is 3.34. The summed E-state index contributed by atoms with van der Waals surface area (Å²) < 4.78 is 0. The Bertz CT molecular complexity index is 945. The fourth-order valence-corrected chi connectivity index (χ4v) is 3.34. The first kappa shape index (κ1) is 17.1. The monoisotopic (exact) mass is 363 g/mol. The molecule has 2 amide bonds. The van der Waals surface area contributed by atoms with Crippen LogP contribution in [0.1, 0.15) is 10.5 Å². The molecule has 4 rings (SSSR count). The second-order valence-corrected chi connectivity index (χ2v) is 6.50. The van der Waals surface area contributed by atoms with Gasteiger partial charge < -0.3 is 15.1 Å². The Kier molecular flexibility index (Phi) is 4.74. The number of anilines is 1. The Balaban J connectivity index is 1.30. The van der Waals surface area contributed by atoms with Crippen molar-refractivity contribution < 1.29 is 9.59 Å². The number of carbonyl (C=O) groups excluding carboxylic acids is 2. The molecule has 2 aromatic carbocycles. The Labute approximate surface area is 157 Å². The molecule has 0 bridgehead atoms. The van der Waals surface area contributed by atoms with Gasteiger partial charge in [0.25, 0.3) is 5.91 Å². The van der Waals surface area contributed by atoms with Crippen molar-refractivity contribution >= 4 is 28.4 Å². The third kappa shape index (κ3) is 3.62. The lowest BCUT2D eigenvalue weighted by Crippen LogP contribution is -2.51. The minimum Gasteiger partial charge on any atom is -0.368 e. The number of para-hydroxylation sites is 2. The molecule has 1 aromatic heterocycles. The molecule has 27 heavy (non-hydrogen) atoms. The summed E-state index contributed by atoms with van der Waals surface area (Å²) >= 11 is 0. The molecule has 7 nitrogen and oxygen atoms in total. The van der Waals surface area contributed by atoms with E-state index in [9.17, 15) is 9.59 Å². The minimum absolute atomic E-state index is 0.0225. The largest absolute Gasteiger partial charge is 0.368 e. The molecule has 3 aromatic rings. The zero-order valence-electron chi connectivity index (χ0n) is 14.9. The van der Waals surface area contributed by atoms with E-state index in [0.717, 1.165) is 24.0 Å². The maximum absolute atomic E-state index is 12.4. The van der Waals surface area contributed by atoms with Gasteiger partial charge in [-0.3, -0.25) is 14.7 Å². The number of aromatic amines is 1. The van der Waals surface area contributed by atoms with Gasteiger partial charge in [-0.15, -0.1) is 0 Å². The number of H-pyrrole nitrogens is 1. The number of amides is 2. The normalized spacial score (nSPS) is 14.4. The first-order valence-corrected chi connectivity index (χ1v) is 9.01. The fraction of sp³-hybridized carbons (Fsp3) is 0.250. The van der Waals surface area contributed by atoms with Gasteiger partial charge in [0.2, 0.25) is 5.91 Å². The van der Waals surface area contributed by atoms with Crippen LogP contribution in [0, 0.1) is 0 Å². The lowest BCUT2D eigenvalue weighted by atomic mass is 10.2. The summed E-state index contributed by atoms with van der Waals surface area (Å²) in [4.78, 5) is 28.9. The van der Waals surface area contributed by atoms with Crippen LogP contribution < -0.4 is 10.2 Å². The molecular formula is C20H21N5O2. The van der Waals surface area contributed by atoms with E-state index in [4.69, 9.17) is 0 Å². The number of fused-ring (bicyclic) bond motifs is 1. The molecule has 1 aliphatic heterocycles. The highest BCUT2D eigenvalue weighted by Gasteiger charge is 2.22. The van der Waals surface area contributed by atoms with Crippen LogP contribution in [0.3, 0.4) is 0 Å². The number of nitrogens with one attached hydrogen (secondary N) is 2. The van der Waals surface area contributed by atoms with Gasteiger partial charge in [0.05, 0.1) is 12.1 Å². The van der Waals surface area contributed by atoms with Gasteiger partial charge in [0.1, 0.15) is 0 Å². The molecular weight excluding hydrogens is 342 g/mol. The van der Waals surface area contributed by atoms with Crippen molar-refractivity contribution in [3.63, 3.8) is 0 Å². The number of hydrogen-bond donors (Lipinski definition) is 2. The highest BCUT2D eigenvalue weighted by atomic mass is 16.2. The van der Waals surface area contributed by atoms with Gasteiger partial charge in [-0.25, -0.2) is 0 Å². The number of carbonyl (C=O) groups is 2. The molecule has 1 fully saturated rings. The SMILES string of the molecule is O=C(NCC(=O)N1CCN(c2ccccc2)CC1)c1n[nH]c2ccccc12. The zero-order chi connectivity index (χ0) is 18.6. The Morgan fingerprint density at radius 1 is 0.963 bits per heavy atom. The van der Waals surface area contributed by atoms with Crippen molar-refractivity contribution in [2.75, 3.05) is 37.6 Å². The van der Waals surface area contributed by atoms with E-state index >= 15 is 0 Å². The molecule has 7 heteroatoms.